The van der Waals surface area contributed by atoms with Crippen molar-refractivity contribution in [2.45, 2.75) is 23.7 Å². The Bertz CT molecular complexity index is 632. The van der Waals surface area contributed by atoms with Crippen LogP contribution in [-0.4, -0.2) is 5.11 Å². The summed E-state index contributed by atoms with van der Waals surface area (Å²) in [6.45, 7) is 1.73. The zero-order valence-corrected chi connectivity index (χ0v) is 12.6. The highest BCUT2D eigenvalue weighted by Crippen LogP contribution is 2.31. The second-order valence-corrected chi connectivity index (χ2v) is 5.91. The van der Waals surface area contributed by atoms with Crippen molar-refractivity contribution in [1.82, 2.24) is 0 Å². The average molecular weight is 304 g/mol. The van der Waals surface area contributed by atoms with Crippen LogP contribution in [0.4, 0.5) is 0 Å². The molecule has 1 atom stereocenters. The predicted octanol–water partition coefficient (Wildman–Crippen LogP) is 4.56. The van der Waals surface area contributed by atoms with Crippen molar-refractivity contribution in [3.8, 4) is 6.07 Å². The Labute approximate surface area is 128 Å². The first-order chi connectivity index (χ1) is 9.60. The molecule has 0 amide bonds. The summed E-state index contributed by atoms with van der Waals surface area (Å²) in [5.41, 5.74) is 2.61. The maximum absolute atomic E-state index is 9.79. The van der Waals surface area contributed by atoms with Gasteiger partial charge in [0.2, 0.25) is 0 Å². The van der Waals surface area contributed by atoms with Crippen molar-refractivity contribution >= 4 is 23.4 Å². The number of rotatable bonds is 4. The summed E-state index contributed by atoms with van der Waals surface area (Å²) in [5.74, 6) is 0.770. The van der Waals surface area contributed by atoms with E-state index in [4.69, 9.17) is 16.9 Å². The lowest BCUT2D eigenvalue weighted by Crippen LogP contribution is -1.95. The highest BCUT2D eigenvalue weighted by atomic mass is 35.5. The van der Waals surface area contributed by atoms with E-state index in [2.05, 4.69) is 6.07 Å². The van der Waals surface area contributed by atoms with E-state index in [1.165, 1.54) is 0 Å². The van der Waals surface area contributed by atoms with E-state index in [1.54, 1.807) is 24.8 Å². The number of thioether (sulfide) groups is 1. The zero-order valence-electron chi connectivity index (χ0n) is 11.0. The van der Waals surface area contributed by atoms with Gasteiger partial charge in [-0.2, -0.15) is 5.26 Å². The van der Waals surface area contributed by atoms with Gasteiger partial charge < -0.3 is 5.11 Å². The number of nitriles is 1. The normalized spacial score (nSPS) is 11.9. The third kappa shape index (κ3) is 3.77. The second kappa shape index (κ2) is 6.81. The van der Waals surface area contributed by atoms with Crippen molar-refractivity contribution in [2.24, 2.45) is 0 Å². The van der Waals surface area contributed by atoms with E-state index in [0.29, 0.717) is 5.56 Å². The molecule has 2 rings (SSSR count). The molecule has 0 bridgehead atoms. The fourth-order valence-electron chi connectivity index (χ4n) is 1.82. The van der Waals surface area contributed by atoms with Crippen LogP contribution in [-0.2, 0) is 5.75 Å². The number of aliphatic hydroxyl groups is 1. The summed E-state index contributed by atoms with van der Waals surface area (Å²) < 4.78 is 0. The molecule has 0 saturated carbocycles. The molecule has 0 spiro atoms. The van der Waals surface area contributed by atoms with E-state index >= 15 is 0 Å². The fraction of sp³-hybridized carbons (Fsp3) is 0.188. The van der Waals surface area contributed by atoms with Crippen molar-refractivity contribution in [2.75, 3.05) is 0 Å². The van der Waals surface area contributed by atoms with Gasteiger partial charge in [-0.1, -0.05) is 29.8 Å². The second-order valence-electron chi connectivity index (χ2n) is 4.46. The summed E-state index contributed by atoms with van der Waals surface area (Å²) in [6.07, 6.45) is -0.546. The Morgan fingerprint density at radius 3 is 2.55 bits per heavy atom. The molecule has 0 heterocycles. The Morgan fingerprint density at radius 1 is 1.25 bits per heavy atom. The largest absolute Gasteiger partial charge is 0.389 e. The van der Waals surface area contributed by atoms with Gasteiger partial charge >= 0.3 is 0 Å². The lowest BCUT2D eigenvalue weighted by Gasteiger charge is -2.12. The monoisotopic (exact) mass is 303 g/mol. The van der Waals surface area contributed by atoms with Gasteiger partial charge in [-0.05, 0) is 42.3 Å². The number of hydrogen-bond donors (Lipinski definition) is 1. The summed E-state index contributed by atoms with van der Waals surface area (Å²) in [5, 5.41) is 19.5. The summed E-state index contributed by atoms with van der Waals surface area (Å²) in [4.78, 5) is 0.939. The Kier molecular flexibility index (Phi) is 5.08. The molecular formula is C16H14ClNOS. The van der Waals surface area contributed by atoms with Crippen molar-refractivity contribution in [1.29, 1.82) is 5.26 Å². The van der Waals surface area contributed by atoms with Crippen LogP contribution in [0.2, 0.25) is 5.02 Å². The van der Waals surface area contributed by atoms with Gasteiger partial charge in [-0.3, -0.25) is 0 Å². The molecule has 0 fully saturated rings. The molecule has 0 saturated heterocycles. The lowest BCUT2D eigenvalue weighted by molar-refractivity contribution is 0.196. The van der Waals surface area contributed by atoms with Crippen LogP contribution in [0.5, 0.6) is 0 Å². The van der Waals surface area contributed by atoms with Crippen molar-refractivity contribution < 1.29 is 5.11 Å². The van der Waals surface area contributed by atoms with Crippen LogP contribution in [0.1, 0.15) is 29.7 Å². The number of aliphatic hydroxyl groups excluding tert-OH is 1. The molecule has 1 N–H and O–H groups in total. The molecule has 0 aromatic heterocycles. The smallest absolute Gasteiger partial charge is 0.0992 e. The Hall–Kier alpha value is -1.47. The number of nitrogens with zero attached hydrogens (tertiary/aromatic N) is 1. The van der Waals surface area contributed by atoms with Crippen LogP contribution in [0, 0.1) is 11.3 Å². The van der Waals surface area contributed by atoms with E-state index in [1.807, 2.05) is 36.4 Å². The molecule has 4 heteroatoms. The van der Waals surface area contributed by atoms with Gasteiger partial charge in [0.15, 0.2) is 0 Å². The SMILES string of the molecule is C[C@H](O)c1ccc(C#N)cc1SCc1ccc(Cl)cc1. The number of hydrogen-bond acceptors (Lipinski definition) is 3. The van der Waals surface area contributed by atoms with Crippen LogP contribution >= 0.6 is 23.4 Å². The number of halogens is 1. The Morgan fingerprint density at radius 2 is 1.95 bits per heavy atom. The molecular weight excluding hydrogens is 290 g/mol. The van der Waals surface area contributed by atoms with E-state index < -0.39 is 6.10 Å². The first-order valence-electron chi connectivity index (χ1n) is 6.19. The molecule has 0 aliphatic heterocycles. The lowest BCUT2D eigenvalue weighted by atomic mass is 10.1. The standard InChI is InChI=1S/C16H14ClNOS/c1-11(19)15-7-4-13(9-18)8-16(15)20-10-12-2-5-14(17)6-3-12/h2-8,11,19H,10H2,1H3/t11-/m0/s1. The highest BCUT2D eigenvalue weighted by molar-refractivity contribution is 7.98. The van der Waals surface area contributed by atoms with Gasteiger partial charge in [-0.25, -0.2) is 0 Å². The predicted molar refractivity (Wildman–Crippen MR) is 82.8 cm³/mol. The topological polar surface area (TPSA) is 44.0 Å². The van der Waals surface area contributed by atoms with Crippen LogP contribution in [0.3, 0.4) is 0 Å². The number of benzene rings is 2. The molecule has 0 aliphatic carbocycles. The minimum absolute atomic E-state index is 0.546. The van der Waals surface area contributed by atoms with Gasteiger partial charge in [-0.15, -0.1) is 11.8 Å². The minimum atomic E-state index is -0.546. The summed E-state index contributed by atoms with van der Waals surface area (Å²) >= 11 is 7.47. The van der Waals surface area contributed by atoms with Crippen molar-refractivity contribution in [3.63, 3.8) is 0 Å². The van der Waals surface area contributed by atoms with Crippen LogP contribution < -0.4 is 0 Å². The fourth-order valence-corrected chi connectivity index (χ4v) is 3.07. The van der Waals surface area contributed by atoms with Gasteiger partial charge in [0.1, 0.15) is 0 Å². The van der Waals surface area contributed by atoms with Crippen LogP contribution in [0.15, 0.2) is 47.4 Å². The summed E-state index contributed by atoms with van der Waals surface area (Å²) in [7, 11) is 0. The van der Waals surface area contributed by atoms with Crippen molar-refractivity contribution in [3.05, 3.63) is 64.2 Å². The first-order valence-corrected chi connectivity index (χ1v) is 7.56. The molecule has 102 valence electrons. The maximum atomic E-state index is 9.79. The quantitative estimate of drug-likeness (QED) is 0.842. The molecule has 0 radical (unpaired) electrons. The molecule has 2 nitrogen and oxygen atoms in total. The molecule has 2 aromatic rings. The van der Waals surface area contributed by atoms with Gasteiger partial charge in [0.05, 0.1) is 17.7 Å². The average Bonchev–Trinajstić information content (AvgIpc) is 2.46. The van der Waals surface area contributed by atoms with E-state index in [9.17, 15) is 5.11 Å². The summed E-state index contributed by atoms with van der Waals surface area (Å²) in [6, 6.07) is 15.2. The van der Waals surface area contributed by atoms with Gasteiger partial charge in [0, 0.05) is 15.7 Å². The molecule has 2 aromatic carbocycles. The third-order valence-corrected chi connectivity index (χ3v) is 4.29. The van der Waals surface area contributed by atoms with Crippen LogP contribution in [0.25, 0.3) is 0 Å². The molecule has 0 unspecified atom stereocenters. The molecule has 20 heavy (non-hydrogen) atoms. The molecule has 0 aliphatic rings. The van der Waals surface area contributed by atoms with E-state index in [-0.39, 0.29) is 0 Å². The Balaban J connectivity index is 2.19. The minimum Gasteiger partial charge on any atom is -0.389 e. The maximum Gasteiger partial charge on any atom is 0.0992 e. The van der Waals surface area contributed by atoms with Gasteiger partial charge in [0.25, 0.3) is 0 Å². The zero-order chi connectivity index (χ0) is 14.5. The first kappa shape index (κ1) is 14.9. The highest BCUT2D eigenvalue weighted by Gasteiger charge is 2.09. The van der Waals surface area contributed by atoms with E-state index in [0.717, 1.165) is 26.8 Å². The third-order valence-electron chi connectivity index (χ3n) is 2.90.